The average Bonchev–Trinajstić information content (AvgIpc) is 2.57. The van der Waals surface area contributed by atoms with E-state index in [1.54, 1.807) is 0 Å². The van der Waals surface area contributed by atoms with Crippen molar-refractivity contribution in [2.45, 2.75) is 92.4 Å². The van der Waals surface area contributed by atoms with Crippen LogP contribution >= 0.6 is 0 Å². The van der Waals surface area contributed by atoms with Gasteiger partial charge in [0.05, 0.1) is 13.2 Å². The predicted molar refractivity (Wildman–Crippen MR) is 102 cm³/mol. The van der Waals surface area contributed by atoms with Gasteiger partial charge in [-0.25, -0.2) is 9.59 Å². The third-order valence-electron chi connectivity index (χ3n) is 3.96. The molecular weight excluding hydrogens is 316 g/mol. The van der Waals surface area contributed by atoms with Gasteiger partial charge in [0.15, 0.2) is 0 Å². The van der Waals surface area contributed by atoms with Crippen molar-refractivity contribution in [1.82, 2.24) is 0 Å². The van der Waals surface area contributed by atoms with Crippen LogP contribution in [-0.2, 0) is 19.1 Å². The summed E-state index contributed by atoms with van der Waals surface area (Å²) in [5.74, 6) is -0.410. The summed E-state index contributed by atoms with van der Waals surface area (Å²) in [4.78, 5) is 25.2. The summed E-state index contributed by atoms with van der Waals surface area (Å²) in [7, 11) is 0. The van der Waals surface area contributed by atoms with E-state index in [0.717, 1.165) is 44.9 Å². The van der Waals surface area contributed by atoms with E-state index in [0.29, 0.717) is 37.2 Å². The van der Waals surface area contributed by atoms with Crippen LogP contribution in [0.25, 0.3) is 0 Å². The van der Waals surface area contributed by atoms with Crippen LogP contribution in [0.1, 0.15) is 92.4 Å². The number of carbonyl (C=O) groups is 2. The number of carbonyl (C=O) groups excluding carboxylic acids is 2. The molecule has 0 aliphatic heterocycles. The van der Waals surface area contributed by atoms with Crippen molar-refractivity contribution >= 4 is 11.9 Å². The fourth-order valence-corrected chi connectivity index (χ4v) is 2.46. The highest BCUT2D eigenvalue weighted by Crippen LogP contribution is 2.23. The maximum Gasteiger partial charge on any atom is 0.334 e. The summed E-state index contributed by atoms with van der Waals surface area (Å²) in [5, 5.41) is 0. The number of rotatable bonds is 14. The molecule has 0 unspecified atom stereocenters. The molecule has 0 bridgehead atoms. The second-order valence-electron chi connectivity index (χ2n) is 6.99. The molecule has 0 aliphatic rings. The van der Waals surface area contributed by atoms with Crippen LogP contribution in [0.2, 0.25) is 0 Å². The quantitative estimate of drug-likeness (QED) is 0.231. The molecular formula is C21H38O4. The molecule has 0 rings (SSSR count). The molecule has 0 heterocycles. The summed E-state index contributed by atoms with van der Waals surface area (Å²) in [6, 6.07) is 0. The number of unbranched alkanes of at least 4 members (excludes halogenated alkanes) is 4. The van der Waals surface area contributed by atoms with E-state index in [1.807, 2.05) is 13.8 Å². The lowest BCUT2D eigenvalue weighted by Gasteiger charge is -2.16. The van der Waals surface area contributed by atoms with Gasteiger partial charge in [-0.3, -0.25) is 0 Å². The van der Waals surface area contributed by atoms with Crippen LogP contribution < -0.4 is 0 Å². The van der Waals surface area contributed by atoms with Gasteiger partial charge >= 0.3 is 11.9 Å². The lowest BCUT2D eigenvalue weighted by Crippen LogP contribution is -2.19. The number of hydrogen-bond acceptors (Lipinski definition) is 4. The van der Waals surface area contributed by atoms with Gasteiger partial charge in [0.1, 0.15) is 0 Å². The number of esters is 2. The Bertz CT molecular complexity index is 410. The molecule has 0 aromatic carbocycles. The molecule has 25 heavy (non-hydrogen) atoms. The molecule has 0 N–H and O–H groups in total. The second-order valence-corrected chi connectivity index (χ2v) is 6.99. The Balaban J connectivity index is 5.36. The van der Waals surface area contributed by atoms with E-state index in [2.05, 4.69) is 20.8 Å². The Labute approximate surface area is 154 Å². The van der Waals surface area contributed by atoms with Crippen molar-refractivity contribution in [2.24, 2.45) is 5.92 Å². The topological polar surface area (TPSA) is 52.6 Å². The van der Waals surface area contributed by atoms with Gasteiger partial charge in [-0.1, -0.05) is 60.3 Å². The molecule has 0 spiro atoms. The highest BCUT2D eigenvalue weighted by atomic mass is 16.5. The maximum absolute atomic E-state index is 12.6. The first-order chi connectivity index (χ1) is 12.0. The fraction of sp³-hybridized carbons (Fsp3) is 0.810. The minimum absolute atomic E-state index is 0.276. The molecule has 0 saturated carbocycles. The second kappa shape index (κ2) is 15.0. The standard InChI is InChI=1S/C21H38O4/c1-6-9-12-13-18(20(22)24-14-10-7-2)19(16-17(4)5)21(23)25-15-11-8-3/h17H,6-16H2,1-5H3/b19-18-. The van der Waals surface area contributed by atoms with E-state index in [1.165, 1.54) is 0 Å². The summed E-state index contributed by atoms with van der Waals surface area (Å²) < 4.78 is 10.8. The van der Waals surface area contributed by atoms with Crippen molar-refractivity contribution in [3.8, 4) is 0 Å². The molecule has 0 radical (unpaired) electrons. The van der Waals surface area contributed by atoms with Gasteiger partial charge in [0, 0.05) is 11.1 Å². The van der Waals surface area contributed by atoms with Crippen LogP contribution in [0.5, 0.6) is 0 Å². The van der Waals surface area contributed by atoms with Crippen LogP contribution in [0.4, 0.5) is 0 Å². The van der Waals surface area contributed by atoms with Crippen molar-refractivity contribution in [1.29, 1.82) is 0 Å². The summed E-state index contributed by atoms with van der Waals surface area (Å²) in [6.45, 7) is 11.1. The molecule has 0 amide bonds. The van der Waals surface area contributed by atoms with Crippen LogP contribution in [0, 0.1) is 5.92 Å². The minimum Gasteiger partial charge on any atom is -0.462 e. The Morgan fingerprint density at radius 2 is 1.20 bits per heavy atom. The molecule has 0 atom stereocenters. The third kappa shape index (κ3) is 11.0. The van der Waals surface area contributed by atoms with Crippen molar-refractivity contribution in [2.75, 3.05) is 13.2 Å². The lowest BCUT2D eigenvalue weighted by atomic mass is 9.94. The zero-order valence-electron chi connectivity index (χ0n) is 17.0. The molecule has 0 aliphatic carbocycles. The first kappa shape index (κ1) is 23.7. The zero-order chi connectivity index (χ0) is 19.1. The van der Waals surface area contributed by atoms with E-state index in [-0.39, 0.29) is 17.9 Å². The molecule has 4 heteroatoms. The molecule has 0 saturated heterocycles. The Morgan fingerprint density at radius 1 is 0.720 bits per heavy atom. The Morgan fingerprint density at radius 3 is 1.64 bits per heavy atom. The normalized spacial score (nSPS) is 12.1. The molecule has 0 aromatic heterocycles. The molecule has 0 fully saturated rings. The smallest absolute Gasteiger partial charge is 0.334 e. The lowest BCUT2D eigenvalue weighted by molar-refractivity contribution is -0.142. The molecule has 146 valence electrons. The van der Waals surface area contributed by atoms with Crippen LogP contribution in [0.3, 0.4) is 0 Å². The first-order valence-corrected chi connectivity index (χ1v) is 10.0. The zero-order valence-corrected chi connectivity index (χ0v) is 17.0. The summed E-state index contributed by atoms with van der Waals surface area (Å²) in [5.41, 5.74) is 1.04. The van der Waals surface area contributed by atoms with Gasteiger partial charge in [0.2, 0.25) is 0 Å². The SMILES string of the molecule is CCCCC/C(C(=O)OCCCC)=C(\CC(C)C)C(=O)OCCCC. The minimum atomic E-state index is -0.346. The van der Waals surface area contributed by atoms with Gasteiger partial charge in [-0.05, 0) is 38.0 Å². The molecule has 0 aromatic rings. The molecule has 4 nitrogen and oxygen atoms in total. The van der Waals surface area contributed by atoms with Gasteiger partial charge in [-0.15, -0.1) is 0 Å². The van der Waals surface area contributed by atoms with Gasteiger partial charge < -0.3 is 9.47 Å². The van der Waals surface area contributed by atoms with E-state index >= 15 is 0 Å². The van der Waals surface area contributed by atoms with E-state index in [4.69, 9.17) is 9.47 Å². The van der Waals surface area contributed by atoms with Crippen molar-refractivity contribution < 1.29 is 19.1 Å². The van der Waals surface area contributed by atoms with E-state index < -0.39 is 0 Å². The van der Waals surface area contributed by atoms with Gasteiger partial charge in [-0.2, -0.15) is 0 Å². The highest BCUT2D eigenvalue weighted by Gasteiger charge is 2.23. The predicted octanol–water partition coefficient (Wildman–Crippen LogP) is 5.60. The Hall–Kier alpha value is -1.32. The number of hydrogen-bond donors (Lipinski definition) is 0. The van der Waals surface area contributed by atoms with Crippen LogP contribution in [-0.4, -0.2) is 25.2 Å². The van der Waals surface area contributed by atoms with Gasteiger partial charge in [0.25, 0.3) is 0 Å². The van der Waals surface area contributed by atoms with Crippen molar-refractivity contribution in [3.63, 3.8) is 0 Å². The maximum atomic E-state index is 12.6. The summed E-state index contributed by atoms with van der Waals surface area (Å²) >= 11 is 0. The first-order valence-electron chi connectivity index (χ1n) is 10.0. The summed E-state index contributed by atoms with van der Waals surface area (Å²) in [6.07, 6.45) is 7.75. The Kier molecular flexibility index (Phi) is 14.2. The van der Waals surface area contributed by atoms with E-state index in [9.17, 15) is 9.59 Å². The third-order valence-corrected chi connectivity index (χ3v) is 3.96. The van der Waals surface area contributed by atoms with Crippen molar-refractivity contribution in [3.05, 3.63) is 11.1 Å². The average molecular weight is 355 g/mol. The highest BCUT2D eigenvalue weighted by molar-refractivity contribution is 6.00. The number of ether oxygens (including phenoxy) is 2. The largest absolute Gasteiger partial charge is 0.462 e. The van der Waals surface area contributed by atoms with Crippen LogP contribution in [0.15, 0.2) is 11.1 Å². The monoisotopic (exact) mass is 354 g/mol. The fourth-order valence-electron chi connectivity index (χ4n) is 2.46.